The van der Waals surface area contributed by atoms with Crippen LogP contribution in [0.3, 0.4) is 0 Å². The molecule has 13 nitrogen and oxygen atoms in total. The van der Waals surface area contributed by atoms with E-state index in [2.05, 4.69) is 25.9 Å². The van der Waals surface area contributed by atoms with Gasteiger partial charge in [-0.15, -0.1) is 0 Å². The van der Waals surface area contributed by atoms with Gasteiger partial charge in [0.25, 0.3) is 5.91 Å². The summed E-state index contributed by atoms with van der Waals surface area (Å²) in [7, 11) is 5.29. The second kappa shape index (κ2) is 15.5. The normalized spacial score (nSPS) is 13.9. The number of anilines is 3. The molecule has 1 atom stereocenters. The van der Waals surface area contributed by atoms with Crippen LogP contribution in [0.2, 0.25) is 0 Å². The van der Waals surface area contributed by atoms with Crippen LogP contribution in [-0.2, 0) is 14.9 Å². The lowest BCUT2D eigenvalue weighted by atomic mass is 9.86. The molecule has 0 bridgehead atoms. The lowest BCUT2D eigenvalue weighted by molar-refractivity contribution is 0.0295. The van der Waals surface area contributed by atoms with E-state index in [1.54, 1.807) is 17.3 Å². The summed E-state index contributed by atoms with van der Waals surface area (Å²) in [5.41, 5.74) is 3.44. The molecular weight excluding hydrogens is 638 g/mol. The topological polar surface area (TPSA) is 147 Å². The predicted octanol–water partition coefficient (Wildman–Crippen LogP) is 6.22. The highest BCUT2D eigenvalue weighted by Gasteiger charge is 2.24. The van der Waals surface area contributed by atoms with Crippen molar-refractivity contribution >= 4 is 45.9 Å². The minimum absolute atomic E-state index is 0.0275. The quantitative estimate of drug-likeness (QED) is 0.187. The number of aromatic nitrogens is 2. The standard InChI is InChI=1S/C37H45N7O6/c1-23(43(5)6)22-50-36(47)42-31-19-25(37(2,3)4)18-30(32(31)48-7)41-35(46)40-29-13-12-26(27-10-8-9-11-28(27)29)24-20-38-33(39-21-24)34(45)44-14-16-49-17-15-44/h8-13,18-21,23H,14-17,22H2,1-7H3,(H,42,47)(H2,40,41,46). The Bertz CT molecular complexity index is 1850. The number of nitrogens with one attached hydrogen (secondary N) is 3. The van der Waals surface area contributed by atoms with E-state index in [-0.39, 0.29) is 35.5 Å². The van der Waals surface area contributed by atoms with Crippen LogP contribution in [0.4, 0.5) is 26.7 Å². The molecular formula is C37H45N7O6. The minimum Gasteiger partial charge on any atom is -0.492 e. The van der Waals surface area contributed by atoms with Gasteiger partial charge in [0.1, 0.15) is 6.61 Å². The van der Waals surface area contributed by atoms with Crippen molar-refractivity contribution in [2.45, 2.75) is 39.2 Å². The van der Waals surface area contributed by atoms with Crippen LogP contribution in [0.5, 0.6) is 5.75 Å². The van der Waals surface area contributed by atoms with E-state index in [0.717, 1.165) is 27.5 Å². The first-order chi connectivity index (χ1) is 23.8. The second-order valence-electron chi connectivity index (χ2n) is 13.4. The third-order valence-corrected chi connectivity index (χ3v) is 8.61. The molecule has 264 valence electrons. The van der Waals surface area contributed by atoms with E-state index in [1.807, 2.05) is 95.2 Å². The highest BCUT2D eigenvalue weighted by Crippen LogP contribution is 2.39. The van der Waals surface area contributed by atoms with Gasteiger partial charge in [-0.2, -0.15) is 0 Å². The van der Waals surface area contributed by atoms with Gasteiger partial charge < -0.3 is 34.6 Å². The van der Waals surface area contributed by atoms with E-state index in [4.69, 9.17) is 14.2 Å². The van der Waals surface area contributed by atoms with Crippen LogP contribution >= 0.6 is 0 Å². The summed E-state index contributed by atoms with van der Waals surface area (Å²) in [6.45, 7) is 10.3. The van der Waals surface area contributed by atoms with Crippen molar-refractivity contribution in [3.8, 4) is 16.9 Å². The Labute approximate surface area is 292 Å². The molecule has 0 aliphatic carbocycles. The summed E-state index contributed by atoms with van der Waals surface area (Å²) in [5.74, 6) is 0.189. The Balaban J connectivity index is 1.37. The fourth-order valence-corrected chi connectivity index (χ4v) is 5.38. The second-order valence-corrected chi connectivity index (χ2v) is 13.4. The fourth-order valence-electron chi connectivity index (χ4n) is 5.38. The number of hydrogen-bond acceptors (Lipinski definition) is 9. The summed E-state index contributed by atoms with van der Waals surface area (Å²) >= 11 is 0. The van der Waals surface area contributed by atoms with Gasteiger partial charge in [-0.25, -0.2) is 19.6 Å². The number of rotatable bonds is 9. The Morgan fingerprint density at radius 3 is 2.16 bits per heavy atom. The number of methoxy groups -OCH3 is 1. The number of benzene rings is 3. The number of fused-ring (bicyclic) bond motifs is 1. The Morgan fingerprint density at radius 2 is 1.54 bits per heavy atom. The first-order valence-corrected chi connectivity index (χ1v) is 16.5. The van der Waals surface area contributed by atoms with E-state index < -0.39 is 12.1 Å². The zero-order valence-electron chi connectivity index (χ0n) is 29.6. The summed E-state index contributed by atoms with van der Waals surface area (Å²) in [6, 6.07) is 14.5. The lowest BCUT2D eigenvalue weighted by Gasteiger charge is -2.26. The first-order valence-electron chi connectivity index (χ1n) is 16.5. The van der Waals surface area contributed by atoms with Crippen molar-refractivity contribution < 1.29 is 28.6 Å². The van der Waals surface area contributed by atoms with Crippen LogP contribution in [0.1, 0.15) is 43.9 Å². The molecule has 0 saturated carbocycles. The average Bonchev–Trinajstić information content (AvgIpc) is 3.10. The molecule has 0 radical (unpaired) electrons. The minimum atomic E-state index is -0.631. The van der Waals surface area contributed by atoms with Gasteiger partial charge in [0, 0.05) is 42.5 Å². The Kier molecular flexibility index (Phi) is 11.2. The zero-order chi connectivity index (χ0) is 36.0. The van der Waals surface area contributed by atoms with Gasteiger partial charge in [-0.05, 0) is 61.1 Å². The lowest BCUT2D eigenvalue weighted by Crippen LogP contribution is -2.41. The van der Waals surface area contributed by atoms with Crippen molar-refractivity contribution in [3.05, 3.63) is 72.3 Å². The fraction of sp³-hybridized carbons (Fsp3) is 0.378. The number of morpholine rings is 1. The van der Waals surface area contributed by atoms with Gasteiger partial charge in [0.2, 0.25) is 5.82 Å². The number of carbonyl (C=O) groups excluding carboxylic acids is 3. The molecule has 1 saturated heterocycles. The third kappa shape index (κ3) is 8.47. The Hall–Kier alpha value is -5.27. The van der Waals surface area contributed by atoms with E-state index in [9.17, 15) is 14.4 Å². The van der Waals surface area contributed by atoms with Crippen molar-refractivity contribution in [3.63, 3.8) is 0 Å². The van der Waals surface area contributed by atoms with Gasteiger partial charge in [0.05, 0.1) is 37.4 Å². The van der Waals surface area contributed by atoms with E-state index >= 15 is 0 Å². The number of amides is 4. The molecule has 50 heavy (non-hydrogen) atoms. The molecule has 13 heteroatoms. The zero-order valence-corrected chi connectivity index (χ0v) is 29.6. The third-order valence-electron chi connectivity index (χ3n) is 8.61. The van der Waals surface area contributed by atoms with Crippen LogP contribution in [0, 0.1) is 0 Å². The van der Waals surface area contributed by atoms with Crippen molar-refractivity contribution in [1.29, 1.82) is 0 Å². The van der Waals surface area contributed by atoms with Crippen LogP contribution in [0.15, 0.2) is 60.9 Å². The molecule has 4 amide bonds. The smallest absolute Gasteiger partial charge is 0.411 e. The maximum Gasteiger partial charge on any atom is 0.411 e. The first kappa shape index (κ1) is 36.0. The molecule has 3 N–H and O–H groups in total. The van der Waals surface area contributed by atoms with Crippen molar-refractivity contribution in [2.75, 3.05) is 70.1 Å². The molecule has 0 spiro atoms. The molecule has 1 aliphatic heterocycles. The largest absolute Gasteiger partial charge is 0.492 e. The summed E-state index contributed by atoms with van der Waals surface area (Å²) in [6.07, 6.45) is 2.65. The van der Waals surface area contributed by atoms with E-state index in [0.29, 0.717) is 43.4 Å². The predicted molar refractivity (Wildman–Crippen MR) is 194 cm³/mol. The maximum absolute atomic E-state index is 13.6. The van der Waals surface area contributed by atoms with Gasteiger partial charge in [0.15, 0.2) is 5.75 Å². The monoisotopic (exact) mass is 683 g/mol. The average molecular weight is 684 g/mol. The number of urea groups is 1. The highest BCUT2D eigenvalue weighted by atomic mass is 16.5. The maximum atomic E-state index is 13.6. The number of carbonyl (C=O) groups is 3. The summed E-state index contributed by atoms with van der Waals surface area (Å²) in [4.78, 5) is 51.6. The molecule has 2 heterocycles. The van der Waals surface area contributed by atoms with Gasteiger partial charge >= 0.3 is 12.1 Å². The summed E-state index contributed by atoms with van der Waals surface area (Å²) < 4.78 is 16.5. The molecule has 1 fully saturated rings. The SMILES string of the molecule is COc1c(NC(=O)Nc2ccc(-c3cnc(C(=O)N4CCOCC4)nc3)c3ccccc23)cc(C(C)(C)C)cc1NC(=O)OCC(C)N(C)C. The molecule has 3 aromatic carbocycles. The number of hydrogen-bond donors (Lipinski definition) is 3. The summed E-state index contributed by atoms with van der Waals surface area (Å²) in [5, 5.41) is 10.3. The van der Waals surface area contributed by atoms with Gasteiger partial charge in [-0.1, -0.05) is 51.1 Å². The molecule has 5 rings (SSSR count). The molecule has 1 aromatic heterocycles. The van der Waals surface area contributed by atoms with E-state index in [1.165, 1.54) is 7.11 Å². The number of likely N-dealkylation sites (N-methyl/N-ethyl adjacent to an activating group) is 1. The number of nitrogens with zero attached hydrogens (tertiary/aromatic N) is 4. The molecule has 1 unspecified atom stereocenters. The van der Waals surface area contributed by atoms with Crippen LogP contribution in [-0.4, -0.2) is 98.0 Å². The van der Waals surface area contributed by atoms with Crippen molar-refractivity contribution in [2.24, 2.45) is 0 Å². The molecule has 4 aromatic rings. The van der Waals surface area contributed by atoms with Gasteiger partial charge in [-0.3, -0.25) is 10.1 Å². The van der Waals surface area contributed by atoms with Crippen LogP contribution < -0.4 is 20.7 Å². The number of ether oxygens (including phenoxy) is 3. The Morgan fingerprint density at radius 1 is 0.920 bits per heavy atom. The van der Waals surface area contributed by atoms with Crippen LogP contribution in [0.25, 0.3) is 21.9 Å². The van der Waals surface area contributed by atoms with Crippen molar-refractivity contribution in [1.82, 2.24) is 19.8 Å². The highest BCUT2D eigenvalue weighted by molar-refractivity contribution is 6.10. The molecule has 1 aliphatic rings.